The number of anilines is 1. The van der Waals surface area contributed by atoms with Crippen molar-refractivity contribution < 1.29 is 9.13 Å². The zero-order valence-corrected chi connectivity index (χ0v) is 9.23. The molecule has 0 amide bonds. The van der Waals surface area contributed by atoms with Gasteiger partial charge in [0.05, 0.1) is 18.3 Å². The molecule has 1 saturated heterocycles. The van der Waals surface area contributed by atoms with Crippen LogP contribution in [0.2, 0.25) is 0 Å². The fourth-order valence-corrected chi connectivity index (χ4v) is 2.09. The van der Waals surface area contributed by atoms with Crippen molar-refractivity contribution in [3.63, 3.8) is 0 Å². The molecule has 2 N–H and O–H groups in total. The largest absolute Gasteiger partial charge is 0.379 e. The van der Waals surface area contributed by atoms with Crippen LogP contribution in [-0.2, 0) is 4.74 Å². The fourth-order valence-electron chi connectivity index (χ4n) is 2.09. The molecule has 0 aromatic heterocycles. The predicted molar refractivity (Wildman–Crippen MR) is 62.0 cm³/mol. The molecule has 16 heavy (non-hydrogen) atoms. The van der Waals surface area contributed by atoms with Crippen molar-refractivity contribution >= 4 is 5.69 Å². The van der Waals surface area contributed by atoms with Gasteiger partial charge in [-0.1, -0.05) is 12.1 Å². The van der Waals surface area contributed by atoms with E-state index in [9.17, 15) is 4.39 Å². The lowest BCUT2D eigenvalue weighted by Crippen LogP contribution is -2.39. The van der Waals surface area contributed by atoms with E-state index in [1.165, 1.54) is 6.07 Å². The molecule has 1 aromatic rings. The number of halogens is 1. The second-order valence-electron chi connectivity index (χ2n) is 3.95. The summed E-state index contributed by atoms with van der Waals surface area (Å²) in [5, 5.41) is 0. The third-order valence-electron chi connectivity index (χ3n) is 2.88. The smallest absolute Gasteiger partial charge is 0.146 e. The van der Waals surface area contributed by atoms with Crippen LogP contribution in [0.4, 0.5) is 10.1 Å². The molecule has 2 rings (SSSR count). The normalized spacial score (nSPS) is 20.0. The Morgan fingerprint density at radius 2 is 2.25 bits per heavy atom. The van der Waals surface area contributed by atoms with Gasteiger partial charge < -0.3 is 15.4 Å². The van der Waals surface area contributed by atoms with Gasteiger partial charge in [-0.3, -0.25) is 0 Å². The summed E-state index contributed by atoms with van der Waals surface area (Å²) < 4.78 is 19.0. The molecule has 0 radical (unpaired) electrons. The second kappa shape index (κ2) is 5.27. The van der Waals surface area contributed by atoms with E-state index in [0.29, 0.717) is 25.4 Å². The van der Waals surface area contributed by atoms with E-state index in [1.807, 2.05) is 11.0 Å². The minimum atomic E-state index is -0.192. The highest BCUT2D eigenvalue weighted by Gasteiger charge is 2.24. The number of rotatable bonds is 4. The van der Waals surface area contributed by atoms with E-state index < -0.39 is 0 Å². The van der Waals surface area contributed by atoms with Gasteiger partial charge in [-0.05, 0) is 18.6 Å². The molecule has 1 unspecified atom stereocenters. The molecule has 1 aliphatic rings. The van der Waals surface area contributed by atoms with E-state index in [1.54, 1.807) is 12.1 Å². The average Bonchev–Trinajstić information content (AvgIpc) is 2.80. The molecule has 4 heteroatoms. The minimum Gasteiger partial charge on any atom is -0.379 e. The Morgan fingerprint density at radius 1 is 1.44 bits per heavy atom. The Balaban J connectivity index is 2.21. The van der Waals surface area contributed by atoms with Crippen LogP contribution in [0.15, 0.2) is 24.3 Å². The van der Waals surface area contributed by atoms with Crippen molar-refractivity contribution in [2.24, 2.45) is 5.73 Å². The maximum absolute atomic E-state index is 13.7. The number of ether oxygens (including phenoxy) is 1. The summed E-state index contributed by atoms with van der Waals surface area (Å²) in [5.41, 5.74) is 6.21. The topological polar surface area (TPSA) is 38.5 Å². The quantitative estimate of drug-likeness (QED) is 0.839. The van der Waals surface area contributed by atoms with Crippen molar-refractivity contribution in [1.29, 1.82) is 0 Å². The lowest BCUT2D eigenvalue weighted by atomic mass is 10.1. The SMILES string of the molecule is NCCN(c1ccccc1F)C1CCOC1. The third-order valence-corrected chi connectivity index (χ3v) is 2.88. The lowest BCUT2D eigenvalue weighted by Gasteiger charge is -2.30. The van der Waals surface area contributed by atoms with E-state index in [2.05, 4.69) is 0 Å². The molecule has 1 fully saturated rings. The van der Waals surface area contributed by atoms with Gasteiger partial charge in [-0.2, -0.15) is 0 Å². The minimum absolute atomic E-state index is 0.192. The van der Waals surface area contributed by atoms with Crippen molar-refractivity contribution in [2.75, 3.05) is 31.2 Å². The van der Waals surface area contributed by atoms with Gasteiger partial charge in [0.15, 0.2) is 0 Å². The molecule has 1 heterocycles. The number of hydrogen-bond acceptors (Lipinski definition) is 3. The van der Waals surface area contributed by atoms with Gasteiger partial charge in [0.2, 0.25) is 0 Å². The van der Waals surface area contributed by atoms with Gasteiger partial charge in [0.25, 0.3) is 0 Å². The first-order valence-electron chi connectivity index (χ1n) is 5.62. The number of hydrogen-bond donors (Lipinski definition) is 1. The van der Waals surface area contributed by atoms with Crippen molar-refractivity contribution in [3.05, 3.63) is 30.1 Å². The summed E-state index contributed by atoms with van der Waals surface area (Å²) >= 11 is 0. The highest BCUT2D eigenvalue weighted by atomic mass is 19.1. The van der Waals surface area contributed by atoms with Gasteiger partial charge in [-0.15, -0.1) is 0 Å². The molecule has 0 spiro atoms. The highest BCUT2D eigenvalue weighted by Crippen LogP contribution is 2.24. The number of nitrogens with two attached hydrogens (primary N) is 1. The van der Waals surface area contributed by atoms with Crippen LogP contribution in [0, 0.1) is 5.82 Å². The Morgan fingerprint density at radius 3 is 2.88 bits per heavy atom. The van der Waals surface area contributed by atoms with Crippen molar-refractivity contribution in [3.8, 4) is 0 Å². The van der Waals surface area contributed by atoms with Crippen molar-refractivity contribution in [1.82, 2.24) is 0 Å². The molecule has 1 atom stereocenters. The van der Waals surface area contributed by atoms with Crippen LogP contribution >= 0.6 is 0 Å². The monoisotopic (exact) mass is 224 g/mol. The van der Waals surface area contributed by atoms with Crippen LogP contribution in [0.5, 0.6) is 0 Å². The standard InChI is InChI=1S/C12H17FN2O/c13-11-3-1-2-4-12(11)15(7-6-14)10-5-8-16-9-10/h1-4,10H,5-9,14H2. The molecular formula is C12H17FN2O. The van der Waals surface area contributed by atoms with E-state index in [-0.39, 0.29) is 11.9 Å². The zero-order chi connectivity index (χ0) is 11.4. The first-order valence-corrected chi connectivity index (χ1v) is 5.62. The van der Waals surface area contributed by atoms with Crippen LogP contribution in [-0.4, -0.2) is 32.3 Å². The lowest BCUT2D eigenvalue weighted by molar-refractivity contribution is 0.193. The summed E-state index contributed by atoms with van der Waals surface area (Å²) in [4.78, 5) is 2.02. The summed E-state index contributed by atoms with van der Waals surface area (Å²) in [6, 6.07) is 7.07. The fraction of sp³-hybridized carbons (Fsp3) is 0.500. The van der Waals surface area contributed by atoms with Gasteiger partial charge in [0.1, 0.15) is 5.82 Å². The summed E-state index contributed by atoms with van der Waals surface area (Å²) in [5.74, 6) is -0.192. The Hall–Kier alpha value is -1.13. The maximum atomic E-state index is 13.7. The molecule has 3 nitrogen and oxygen atoms in total. The van der Waals surface area contributed by atoms with Gasteiger partial charge in [0, 0.05) is 19.7 Å². The van der Waals surface area contributed by atoms with Gasteiger partial charge in [-0.25, -0.2) is 4.39 Å². The first kappa shape index (κ1) is 11.4. The number of nitrogens with zero attached hydrogens (tertiary/aromatic N) is 1. The molecule has 1 aliphatic heterocycles. The molecule has 1 aromatic carbocycles. The predicted octanol–water partition coefficient (Wildman–Crippen LogP) is 1.38. The average molecular weight is 224 g/mol. The van der Waals surface area contributed by atoms with Crippen molar-refractivity contribution in [2.45, 2.75) is 12.5 Å². The van der Waals surface area contributed by atoms with Crippen LogP contribution in [0.3, 0.4) is 0 Å². The Kier molecular flexibility index (Phi) is 3.74. The summed E-state index contributed by atoms with van der Waals surface area (Å²) in [6.45, 7) is 2.59. The third kappa shape index (κ3) is 2.33. The van der Waals surface area contributed by atoms with Crippen LogP contribution in [0.25, 0.3) is 0 Å². The zero-order valence-electron chi connectivity index (χ0n) is 9.23. The van der Waals surface area contributed by atoms with Gasteiger partial charge >= 0.3 is 0 Å². The van der Waals surface area contributed by atoms with E-state index in [0.717, 1.165) is 13.0 Å². The number of benzene rings is 1. The summed E-state index contributed by atoms with van der Waals surface area (Å²) in [7, 11) is 0. The van der Waals surface area contributed by atoms with E-state index >= 15 is 0 Å². The number of para-hydroxylation sites is 1. The molecular weight excluding hydrogens is 207 g/mol. The first-order chi connectivity index (χ1) is 7.83. The second-order valence-corrected chi connectivity index (χ2v) is 3.95. The highest BCUT2D eigenvalue weighted by molar-refractivity contribution is 5.48. The molecule has 0 bridgehead atoms. The van der Waals surface area contributed by atoms with Crippen LogP contribution in [0.1, 0.15) is 6.42 Å². The molecule has 88 valence electrons. The molecule has 0 saturated carbocycles. The maximum Gasteiger partial charge on any atom is 0.146 e. The van der Waals surface area contributed by atoms with E-state index in [4.69, 9.17) is 10.5 Å². The molecule has 0 aliphatic carbocycles. The Labute approximate surface area is 95.0 Å². The van der Waals surface area contributed by atoms with Crippen LogP contribution < -0.4 is 10.6 Å². The Bertz CT molecular complexity index is 340. The summed E-state index contributed by atoms with van der Waals surface area (Å²) in [6.07, 6.45) is 0.939.